The molecular formula is C20H17F2N3O3S2. The quantitative estimate of drug-likeness (QED) is 0.411. The van der Waals surface area contributed by atoms with E-state index >= 15 is 0 Å². The molecule has 1 amide bonds. The molecule has 0 aliphatic carbocycles. The van der Waals surface area contributed by atoms with Gasteiger partial charge >= 0.3 is 0 Å². The van der Waals surface area contributed by atoms with Crippen LogP contribution >= 0.6 is 23.5 Å². The predicted octanol–water partition coefficient (Wildman–Crippen LogP) is 3.94. The van der Waals surface area contributed by atoms with Gasteiger partial charge in [0, 0.05) is 4.90 Å². The smallest absolute Gasteiger partial charge is 0.288 e. The molecule has 10 heteroatoms. The summed E-state index contributed by atoms with van der Waals surface area (Å²) in [5.41, 5.74) is 1.69. The highest BCUT2D eigenvalue weighted by atomic mass is 32.2. The fraction of sp³-hybridized carbons (Fsp3) is 0.250. The van der Waals surface area contributed by atoms with Crippen LogP contribution in [0.2, 0.25) is 0 Å². The van der Waals surface area contributed by atoms with Crippen LogP contribution < -0.4 is 14.8 Å². The number of alkyl halides is 2. The minimum atomic E-state index is -2.45. The molecule has 4 rings (SSSR count). The highest BCUT2D eigenvalue weighted by Crippen LogP contribution is 2.30. The third-order valence-electron chi connectivity index (χ3n) is 4.27. The second-order valence-corrected chi connectivity index (χ2v) is 8.63. The first-order valence-corrected chi connectivity index (χ1v) is 10.8. The number of rotatable bonds is 6. The van der Waals surface area contributed by atoms with Gasteiger partial charge in [0.15, 0.2) is 16.7 Å². The minimum absolute atomic E-state index is 0.153. The maximum atomic E-state index is 12.4. The Labute approximate surface area is 180 Å². The third-order valence-corrected chi connectivity index (χ3v) is 6.06. The number of halogens is 2. The van der Waals surface area contributed by atoms with Crippen LogP contribution in [-0.2, 0) is 11.2 Å². The van der Waals surface area contributed by atoms with Crippen molar-refractivity contribution in [3.05, 3.63) is 53.6 Å². The normalized spacial score (nSPS) is 19.6. The van der Waals surface area contributed by atoms with Crippen molar-refractivity contribution >= 4 is 40.8 Å². The van der Waals surface area contributed by atoms with Crippen molar-refractivity contribution in [2.45, 2.75) is 22.3 Å². The van der Waals surface area contributed by atoms with E-state index in [1.54, 1.807) is 30.5 Å². The molecule has 156 valence electrons. The van der Waals surface area contributed by atoms with Crippen LogP contribution in [0.15, 0.2) is 57.6 Å². The Morgan fingerprint density at radius 3 is 2.70 bits per heavy atom. The van der Waals surface area contributed by atoms with Gasteiger partial charge in [0.1, 0.15) is 13.2 Å². The van der Waals surface area contributed by atoms with Gasteiger partial charge in [0.05, 0.1) is 11.5 Å². The van der Waals surface area contributed by atoms with Crippen molar-refractivity contribution in [3.8, 4) is 11.5 Å². The van der Waals surface area contributed by atoms with Crippen molar-refractivity contribution in [2.24, 2.45) is 10.2 Å². The van der Waals surface area contributed by atoms with Gasteiger partial charge in [-0.2, -0.15) is 13.9 Å². The van der Waals surface area contributed by atoms with Crippen molar-refractivity contribution in [1.29, 1.82) is 0 Å². The van der Waals surface area contributed by atoms with Crippen LogP contribution in [0.1, 0.15) is 11.1 Å². The number of amides is 1. The van der Waals surface area contributed by atoms with Crippen LogP contribution in [0.25, 0.3) is 0 Å². The SMILES string of the molecule is O=C1N/C(=N/N=C\c2ccc3c(c2)OCCO3)S[C@H]1Cc1ccc(SC(F)F)cc1. The summed E-state index contributed by atoms with van der Waals surface area (Å²) >= 11 is 1.79. The Morgan fingerprint density at radius 2 is 1.93 bits per heavy atom. The number of benzene rings is 2. The maximum Gasteiger partial charge on any atom is 0.288 e. The van der Waals surface area contributed by atoms with E-state index in [0.717, 1.165) is 11.1 Å². The molecule has 2 aliphatic heterocycles. The van der Waals surface area contributed by atoms with E-state index in [9.17, 15) is 13.6 Å². The molecular weight excluding hydrogens is 432 g/mol. The van der Waals surface area contributed by atoms with Gasteiger partial charge in [0.2, 0.25) is 5.91 Å². The lowest BCUT2D eigenvalue weighted by molar-refractivity contribution is -0.118. The Hall–Kier alpha value is -2.59. The molecule has 2 aromatic carbocycles. The van der Waals surface area contributed by atoms with Crippen LogP contribution in [0.4, 0.5) is 8.78 Å². The number of hydrogen-bond donors (Lipinski definition) is 1. The molecule has 30 heavy (non-hydrogen) atoms. The number of ether oxygens (including phenoxy) is 2. The lowest BCUT2D eigenvalue weighted by Crippen LogP contribution is -2.25. The molecule has 2 aliphatic rings. The predicted molar refractivity (Wildman–Crippen MR) is 114 cm³/mol. The van der Waals surface area contributed by atoms with Gasteiger partial charge in [-0.25, -0.2) is 0 Å². The second kappa shape index (κ2) is 9.48. The van der Waals surface area contributed by atoms with E-state index in [4.69, 9.17) is 9.47 Å². The zero-order valence-electron chi connectivity index (χ0n) is 15.6. The number of hydrogen-bond acceptors (Lipinski definition) is 7. The summed E-state index contributed by atoms with van der Waals surface area (Å²) in [4.78, 5) is 12.7. The molecule has 2 aromatic rings. The number of thioether (sulfide) groups is 2. The molecule has 1 atom stereocenters. The largest absolute Gasteiger partial charge is 0.486 e. The van der Waals surface area contributed by atoms with Gasteiger partial charge in [-0.15, -0.1) is 5.10 Å². The van der Waals surface area contributed by atoms with Gasteiger partial charge in [0.25, 0.3) is 5.76 Å². The summed E-state index contributed by atoms with van der Waals surface area (Å²) < 4.78 is 35.8. The number of nitrogens with one attached hydrogen (secondary N) is 1. The topological polar surface area (TPSA) is 72.3 Å². The first-order chi connectivity index (χ1) is 14.6. The highest BCUT2D eigenvalue weighted by molar-refractivity contribution is 8.15. The van der Waals surface area contributed by atoms with E-state index in [1.807, 2.05) is 18.2 Å². The van der Waals surface area contributed by atoms with Crippen LogP contribution in [0.5, 0.6) is 11.5 Å². The Kier molecular flexibility index (Phi) is 6.53. The van der Waals surface area contributed by atoms with Gasteiger partial charge in [-0.05, 0) is 47.9 Å². The van der Waals surface area contributed by atoms with Crippen LogP contribution in [-0.4, -0.2) is 41.5 Å². The summed E-state index contributed by atoms with van der Waals surface area (Å²) in [5.74, 6) is -1.24. The minimum Gasteiger partial charge on any atom is -0.486 e. The van der Waals surface area contributed by atoms with E-state index in [1.165, 1.54) is 11.8 Å². The average molecular weight is 450 g/mol. The van der Waals surface area contributed by atoms with Gasteiger partial charge in [-0.1, -0.05) is 35.7 Å². The van der Waals surface area contributed by atoms with Gasteiger partial charge in [-0.3, -0.25) is 4.79 Å². The molecule has 0 saturated carbocycles. The summed E-state index contributed by atoms with van der Waals surface area (Å²) in [7, 11) is 0. The molecule has 1 fully saturated rings. The lowest BCUT2D eigenvalue weighted by atomic mass is 10.1. The maximum absolute atomic E-state index is 12.4. The highest BCUT2D eigenvalue weighted by Gasteiger charge is 2.30. The summed E-state index contributed by atoms with van der Waals surface area (Å²) in [6.45, 7) is 1.04. The molecule has 0 radical (unpaired) electrons. The molecule has 6 nitrogen and oxygen atoms in total. The fourth-order valence-electron chi connectivity index (χ4n) is 2.90. The van der Waals surface area contributed by atoms with Gasteiger partial charge < -0.3 is 14.8 Å². The average Bonchev–Trinajstić information content (AvgIpc) is 3.08. The molecule has 2 heterocycles. The summed E-state index contributed by atoms with van der Waals surface area (Å²) in [5, 5.41) is 10.9. The lowest BCUT2D eigenvalue weighted by Gasteiger charge is -2.18. The first-order valence-electron chi connectivity index (χ1n) is 9.09. The zero-order valence-corrected chi connectivity index (χ0v) is 17.2. The van der Waals surface area contributed by atoms with Crippen molar-refractivity contribution in [2.75, 3.05) is 13.2 Å². The van der Waals surface area contributed by atoms with Crippen molar-refractivity contribution in [1.82, 2.24) is 5.32 Å². The van der Waals surface area contributed by atoms with E-state index in [-0.39, 0.29) is 11.2 Å². The van der Waals surface area contributed by atoms with E-state index in [2.05, 4.69) is 15.5 Å². The summed E-state index contributed by atoms with van der Waals surface area (Å²) in [6.07, 6.45) is 2.05. The molecule has 0 bridgehead atoms. The first kappa shape index (κ1) is 20.7. The van der Waals surface area contributed by atoms with E-state index < -0.39 is 5.76 Å². The molecule has 1 N–H and O–H groups in total. The second-order valence-electron chi connectivity index (χ2n) is 6.38. The Bertz CT molecular complexity index is 984. The van der Waals surface area contributed by atoms with Crippen LogP contribution in [0.3, 0.4) is 0 Å². The van der Waals surface area contributed by atoms with Crippen LogP contribution in [0, 0.1) is 0 Å². The Morgan fingerprint density at radius 1 is 1.17 bits per heavy atom. The standard InChI is InChI=1S/C20H17F2N3O3S2/c21-19(22)29-14-4-1-12(2-5-14)10-17-18(26)24-20(30-17)25-23-11-13-3-6-15-16(9-13)28-8-7-27-15/h1-6,9,11,17,19H,7-8,10H2,(H,24,25,26)/b23-11-/t17-/m0/s1. The number of fused-ring (bicyclic) bond motifs is 1. The fourth-order valence-corrected chi connectivity index (χ4v) is 4.36. The number of amidine groups is 1. The monoisotopic (exact) mass is 449 g/mol. The zero-order chi connectivity index (χ0) is 20.9. The Balaban J connectivity index is 1.35. The number of carbonyl (C=O) groups excluding carboxylic acids is 1. The number of nitrogens with zero attached hydrogens (tertiary/aromatic N) is 2. The number of carbonyl (C=O) groups is 1. The van der Waals surface area contributed by atoms with Crippen molar-refractivity contribution < 1.29 is 23.0 Å². The summed E-state index contributed by atoms with van der Waals surface area (Å²) in [6, 6.07) is 12.3. The van der Waals surface area contributed by atoms with E-state index in [0.29, 0.717) is 53.0 Å². The molecule has 1 saturated heterocycles. The molecule has 0 spiro atoms. The van der Waals surface area contributed by atoms with Crippen molar-refractivity contribution in [3.63, 3.8) is 0 Å². The molecule has 0 unspecified atom stereocenters. The third kappa shape index (κ3) is 5.31. The molecule has 0 aromatic heterocycles.